The number of amides is 1. The third-order valence-corrected chi connectivity index (χ3v) is 7.24. The summed E-state index contributed by atoms with van der Waals surface area (Å²) < 4.78 is 0. The van der Waals surface area contributed by atoms with Crippen LogP contribution in [0.15, 0.2) is 23.0 Å². The molecule has 2 aliphatic rings. The van der Waals surface area contributed by atoms with E-state index in [-0.39, 0.29) is 5.91 Å². The molecule has 1 atom stereocenters. The van der Waals surface area contributed by atoms with E-state index >= 15 is 0 Å². The molecule has 1 aliphatic heterocycles. The lowest BCUT2D eigenvalue weighted by atomic mass is 9.92. The minimum absolute atomic E-state index is 0.0229. The van der Waals surface area contributed by atoms with E-state index in [9.17, 15) is 4.79 Å². The van der Waals surface area contributed by atoms with Crippen LogP contribution in [0.25, 0.3) is 0 Å². The molecule has 1 saturated carbocycles. The number of nitrogens with zero attached hydrogens (tertiary/aromatic N) is 4. The van der Waals surface area contributed by atoms with Gasteiger partial charge in [-0.2, -0.15) is 5.26 Å². The third kappa shape index (κ3) is 3.10. The maximum absolute atomic E-state index is 12.7. The van der Waals surface area contributed by atoms with Gasteiger partial charge in [0.25, 0.3) is 5.91 Å². The van der Waals surface area contributed by atoms with E-state index in [1.54, 1.807) is 17.4 Å². The lowest BCUT2D eigenvalue weighted by Crippen LogP contribution is -2.41. The van der Waals surface area contributed by atoms with E-state index in [2.05, 4.69) is 23.0 Å². The highest BCUT2D eigenvalue weighted by Crippen LogP contribution is 2.56. The standard InChI is InChI=1S/C18H20N4OS2/c1-21(12-15-20-5-9-24-15)14-10-18(14)3-6-22(7-4-18)17(23)16-13(11-19)2-8-25-16/h2,5,8-9,14H,3-4,6-7,10,12H2,1H3/t14-/m0/s1. The second-order valence-electron chi connectivity index (χ2n) is 6.99. The van der Waals surface area contributed by atoms with Crippen LogP contribution < -0.4 is 0 Å². The predicted molar refractivity (Wildman–Crippen MR) is 98.6 cm³/mol. The number of aromatic nitrogens is 1. The number of thiazole rings is 1. The van der Waals surface area contributed by atoms with Crippen molar-refractivity contribution in [2.75, 3.05) is 20.1 Å². The van der Waals surface area contributed by atoms with Crippen LogP contribution in [-0.4, -0.2) is 46.9 Å². The van der Waals surface area contributed by atoms with Gasteiger partial charge in [0.15, 0.2) is 0 Å². The summed E-state index contributed by atoms with van der Waals surface area (Å²) in [5, 5.41) is 14.1. The van der Waals surface area contributed by atoms with Gasteiger partial charge in [-0.15, -0.1) is 22.7 Å². The van der Waals surface area contributed by atoms with Crippen molar-refractivity contribution in [1.29, 1.82) is 5.26 Å². The van der Waals surface area contributed by atoms with E-state index in [1.807, 2.05) is 21.9 Å². The van der Waals surface area contributed by atoms with Crippen molar-refractivity contribution in [3.05, 3.63) is 38.5 Å². The van der Waals surface area contributed by atoms with E-state index < -0.39 is 0 Å². The molecular formula is C18H20N4OS2. The molecule has 3 heterocycles. The zero-order valence-corrected chi connectivity index (χ0v) is 15.8. The van der Waals surface area contributed by atoms with Crippen molar-refractivity contribution >= 4 is 28.6 Å². The maximum atomic E-state index is 12.7. The van der Waals surface area contributed by atoms with Crippen LogP contribution in [0.1, 0.15) is 39.5 Å². The first-order chi connectivity index (χ1) is 12.1. The Bertz CT molecular complexity index is 799. The van der Waals surface area contributed by atoms with Crippen molar-refractivity contribution in [3.63, 3.8) is 0 Å². The topological polar surface area (TPSA) is 60.2 Å². The molecule has 0 N–H and O–H groups in total. The van der Waals surface area contributed by atoms with Gasteiger partial charge in [-0.3, -0.25) is 9.69 Å². The number of rotatable bonds is 4. The average Bonchev–Trinajstić information content (AvgIpc) is 3.01. The fourth-order valence-corrected chi connectivity index (χ4v) is 5.49. The number of thiophene rings is 1. The molecule has 5 nitrogen and oxygen atoms in total. The molecule has 0 radical (unpaired) electrons. The predicted octanol–water partition coefficient (Wildman–Crippen LogP) is 3.20. The summed E-state index contributed by atoms with van der Waals surface area (Å²) in [5.74, 6) is 0.0229. The van der Waals surface area contributed by atoms with Crippen LogP contribution in [0.2, 0.25) is 0 Å². The number of hydrogen-bond acceptors (Lipinski definition) is 6. The van der Waals surface area contributed by atoms with Gasteiger partial charge >= 0.3 is 0 Å². The van der Waals surface area contributed by atoms with Gasteiger partial charge in [-0.1, -0.05) is 0 Å². The fourth-order valence-electron chi connectivity index (χ4n) is 4.00. The molecule has 1 aliphatic carbocycles. The molecule has 130 valence electrons. The zero-order valence-electron chi connectivity index (χ0n) is 14.1. The number of nitriles is 1. The van der Waals surface area contributed by atoms with Crippen LogP contribution in [0.3, 0.4) is 0 Å². The van der Waals surface area contributed by atoms with Crippen molar-refractivity contribution in [2.45, 2.75) is 31.8 Å². The van der Waals surface area contributed by atoms with Crippen molar-refractivity contribution in [1.82, 2.24) is 14.8 Å². The highest BCUT2D eigenvalue weighted by molar-refractivity contribution is 7.12. The molecular weight excluding hydrogens is 352 g/mol. The van der Waals surface area contributed by atoms with E-state index in [1.165, 1.54) is 22.8 Å². The Balaban J connectivity index is 1.35. The Morgan fingerprint density at radius 3 is 2.92 bits per heavy atom. The summed E-state index contributed by atoms with van der Waals surface area (Å²) in [5.41, 5.74) is 0.874. The van der Waals surface area contributed by atoms with E-state index in [4.69, 9.17) is 5.26 Å². The number of carbonyl (C=O) groups excluding carboxylic acids is 1. The molecule has 25 heavy (non-hydrogen) atoms. The van der Waals surface area contributed by atoms with Gasteiger partial charge in [0, 0.05) is 30.7 Å². The number of carbonyl (C=O) groups is 1. The Morgan fingerprint density at radius 2 is 2.24 bits per heavy atom. The normalized spacial score (nSPS) is 21.5. The Morgan fingerprint density at radius 1 is 1.44 bits per heavy atom. The van der Waals surface area contributed by atoms with Gasteiger partial charge in [-0.25, -0.2) is 4.98 Å². The highest BCUT2D eigenvalue weighted by Gasteiger charge is 2.56. The summed E-state index contributed by atoms with van der Waals surface area (Å²) in [6.45, 7) is 2.50. The summed E-state index contributed by atoms with van der Waals surface area (Å²) in [4.78, 5) is 22.0. The van der Waals surface area contributed by atoms with Gasteiger partial charge in [0.2, 0.25) is 0 Å². The molecule has 1 amide bonds. The number of likely N-dealkylation sites (tertiary alicyclic amines) is 1. The highest BCUT2D eigenvalue weighted by atomic mass is 32.1. The summed E-state index contributed by atoms with van der Waals surface area (Å²) in [7, 11) is 2.18. The summed E-state index contributed by atoms with van der Waals surface area (Å²) in [6, 6.07) is 4.45. The number of piperidine rings is 1. The van der Waals surface area contributed by atoms with E-state index in [0.717, 1.165) is 32.5 Å². The minimum atomic E-state index is 0.0229. The lowest BCUT2D eigenvalue weighted by molar-refractivity contribution is 0.0662. The van der Waals surface area contributed by atoms with Crippen LogP contribution in [0.5, 0.6) is 0 Å². The van der Waals surface area contributed by atoms with Crippen LogP contribution in [-0.2, 0) is 6.54 Å². The SMILES string of the molecule is CN(Cc1nccs1)[C@H]1CC12CCN(C(=O)c1sccc1C#N)CC2. The Labute approximate surface area is 155 Å². The fraction of sp³-hybridized carbons (Fsp3) is 0.500. The smallest absolute Gasteiger partial charge is 0.265 e. The summed E-state index contributed by atoms with van der Waals surface area (Å²) >= 11 is 3.08. The molecule has 0 aromatic carbocycles. The summed E-state index contributed by atoms with van der Waals surface area (Å²) in [6.07, 6.45) is 5.19. The largest absolute Gasteiger partial charge is 0.338 e. The minimum Gasteiger partial charge on any atom is -0.338 e. The third-order valence-electron chi connectivity index (χ3n) is 5.57. The van der Waals surface area contributed by atoms with Crippen molar-refractivity contribution in [2.24, 2.45) is 5.41 Å². The van der Waals surface area contributed by atoms with Gasteiger partial charge < -0.3 is 4.90 Å². The second kappa shape index (κ2) is 6.52. The Kier molecular flexibility index (Phi) is 4.36. The molecule has 0 bridgehead atoms. The van der Waals surface area contributed by atoms with Crippen LogP contribution in [0.4, 0.5) is 0 Å². The first-order valence-electron chi connectivity index (χ1n) is 8.48. The molecule has 0 unspecified atom stereocenters. The molecule has 1 saturated heterocycles. The lowest BCUT2D eigenvalue weighted by Gasteiger charge is -2.34. The van der Waals surface area contributed by atoms with E-state index in [0.29, 0.717) is 21.9 Å². The second-order valence-corrected chi connectivity index (χ2v) is 8.89. The molecule has 1 spiro atoms. The molecule has 2 aromatic rings. The van der Waals surface area contributed by atoms with Gasteiger partial charge in [0.1, 0.15) is 16.0 Å². The average molecular weight is 373 g/mol. The van der Waals surface area contributed by atoms with Crippen molar-refractivity contribution in [3.8, 4) is 6.07 Å². The monoisotopic (exact) mass is 372 g/mol. The first-order valence-corrected chi connectivity index (χ1v) is 10.2. The quantitative estimate of drug-likeness (QED) is 0.827. The molecule has 7 heteroatoms. The maximum Gasteiger partial charge on any atom is 0.265 e. The zero-order chi connectivity index (χ0) is 17.4. The Hall–Kier alpha value is -1.75. The first kappa shape index (κ1) is 16.7. The molecule has 2 fully saturated rings. The van der Waals surface area contributed by atoms with Crippen LogP contribution in [0, 0.1) is 16.7 Å². The van der Waals surface area contributed by atoms with Crippen LogP contribution >= 0.6 is 22.7 Å². The number of hydrogen-bond donors (Lipinski definition) is 0. The molecule has 2 aromatic heterocycles. The van der Waals surface area contributed by atoms with Gasteiger partial charge in [-0.05, 0) is 43.2 Å². The van der Waals surface area contributed by atoms with Gasteiger partial charge in [0.05, 0.1) is 12.1 Å². The van der Waals surface area contributed by atoms with Crippen molar-refractivity contribution < 1.29 is 4.79 Å². The molecule has 4 rings (SSSR count).